The molecule has 0 amide bonds. The van der Waals surface area contributed by atoms with Crippen molar-refractivity contribution >= 4 is 23.2 Å². The van der Waals surface area contributed by atoms with E-state index in [1.807, 2.05) is 0 Å². The van der Waals surface area contributed by atoms with Crippen LogP contribution in [-0.2, 0) is 6.42 Å². The van der Waals surface area contributed by atoms with Crippen LogP contribution in [0.3, 0.4) is 0 Å². The van der Waals surface area contributed by atoms with Gasteiger partial charge in [0.05, 0.1) is 5.02 Å². The number of hydrogen-bond acceptors (Lipinski definition) is 0. The van der Waals surface area contributed by atoms with Gasteiger partial charge in [-0.3, -0.25) is 0 Å². The molecule has 0 aliphatic heterocycles. The van der Waals surface area contributed by atoms with Crippen molar-refractivity contribution in [1.29, 1.82) is 0 Å². The Morgan fingerprint density at radius 1 is 1.36 bits per heavy atom. The van der Waals surface area contributed by atoms with Crippen molar-refractivity contribution < 1.29 is 4.39 Å². The summed E-state index contributed by atoms with van der Waals surface area (Å²) in [6.45, 7) is 0. The molecule has 2 rings (SSSR count). The van der Waals surface area contributed by atoms with Gasteiger partial charge >= 0.3 is 0 Å². The normalized spacial score (nSPS) is 18.2. The molecule has 1 aromatic rings. The summed E-state index contributed by atoms with van der Waals surface area (Å²) in [5, 5.41) is 0.202. The maximum atomic E-state index is 12.9. The Balaban J connectivity index is 2.14. The summed E-state index contributed by atoms with van der Waals surface area (Å²) in [7, 11) is 0. The highest BCUT2D eigenvalue weighted by molar-refractivity contribution is 6.30. The van der Waals surface area contributed by atoms with Crippen molar-refractivity contribution in [2.75, 3.05) is 5.88 Å². The van der Waals surface area contributed by atoms with Gasteiger partial charge in [0.1, 0.15) is 5.82 Å². The average Bonchev–Trinajstić information content (AvgIpc) is 2.93. The van der Waals surface area contributed by atoms with Gasteiger partial charge in [-0.05, 0) is 42.4 Å². The Morgan fingerprint density at radius 2 is 2.07 bits per heavy atom. The number of hydrogen-bond donors (Lipinski definition) is 0. The molecule has 0 nitrogen and oxygen atoms in total. The monoisotopic (exact) mass is 232 g/mol. The summed E-state index contributed by atoms with van der Waals surface area (Å²) >= 11 is 11.6. The van der Waals surface area contributed by atoms with Gasteiger partial charge in [0, 0.05) is 5.88 Å². The Labute approximate surface area is 93.0 Å². The van der Waals surface area contributed by atoms with Crippen molar-refractivity contribution in [3.05, 3.63) is 34.6 Å². The fraction of sp³-hybridized carbons (Fsp3) is 0.455. The minimum absolute atomic E-state index is 0.202. The molecule has 76 valence electrons. The van der Waals surface area contributed by atoms with Gasteiger partial charge in [0.15, 0.2) is 0 Å². The van der Waals surface area contributed by atoms with E-state index in [0.717, 1.165) is 12.0 Å². The maximum absolute atomic E-state index is 12.9. The molecule has 1 aliphatic rings. The van der Waals surface area contributed by atoms with Gasteiger partial charge in [-0.1, -0.05) is 17.7 Å². The standard InChI is InChI=1S/C11H11Cl2F/c12-7-11(3-4-11)6-8-1-2-10(14)9(13)5-8/h1-2,5H,3-4,6-7H2. The molecular weight excluding hydrogens is 222 g/mol. The lowest BCUT2D eigenvalue weighted by atomic mass is 9.98. The van der Waals surface area contributed by atoms with E-state index in [-0.39, 0.29) is 16.3 Å². The lowest BCUT2D eigenvalue weighted by Crippen LogP contribution is -2.06. The van der Waals surface area contributed by atoms with Crippen LogP contribution in [0.15, 0.2) is 18.2 Å². The molecule has 1 saturated carbocycles. The highest BCUT2D eigenvalue weighted by Crippen LogP contribution is 2.49. The van der Waals surface area contributed by atoms with E-state index in [9.17, 15) is 4.39 Å². The Morgan fingerprint density at radius 3 is 2.57 bits per heavy atom. The molecule has 1 aliphatic carbocycles. The van der Waals surface area contributed by atoms with Crippen LogP contribution < -0.4 is 0 Å². The quantitative estimate of drug-likeness (QED) is 0.691. The topological polar surface area (TPSA) is 0 Å². The van der Waals surface area contributed by atoms with E-state index in [0.29, 0.717) is 5.88 Å². The molecule has 0 aromatic heterocycles. The Hall–Kier alpha value is -0.270. The highest BCUT2D eigenvalue weighted by Gasteiger charge is 2.41. The van der Waals surface area contributed by atoms with Crippen LogP contribution in [0, 0.1) is 11.2 Å². The first kappa shape index (κ1) is 10.3. The van der Waals surface area contributed by atoms with Gasteiger partial charge < -0.3 is 0 Å². The van der Waals surface area contributed by atoms with Crippen molar-refractivity contribution in [3.63, 3.8) is 0 Å². The largest absolute Gasteiger partial charge is 0.205 e. The van der Waals surface area contributed by atoms with Gasteiger partial charge in [-0.15, -0.1) is 11.6 Å². The summed E-state index contributed by atoms with van der Waals surface area (Å²) < 4.78 is 12.9. The second-order valence-electron chi connectivity index (χ2n) is 4.06. The first-order chi connectivity index (χ1) is 6.65. The molecule has 0 saturated heterocycles. The third-order valence-electron chi connectivity index (χ3n) is 2.80. The molecule has 0 bridgehead atoms. The first-order valence-electron chi connectivity index (χ1n) is 4.65. The number of rotatable bonds is 3. The third kappa shape index (κ3) is 2.04. The molecule has 1 aromatic carbocycles. The second-order valence-corrected chi connectivity index (χ2v) is 4.73. The summed E-state index contributed by atoms with van der Waals surface area (Å²) in [4.78, 5) is 0. The minimum Gasteiger partial charge on any atom is -0.205 e. The molecule has 0 heterocycles. The Bertz CT molecular complexity index is 345. The van der Waals surface area contributed by atoms with E-state index in [2.05, 4.69) is 0 Å². The molecule has 14 heavy (non-hydrogen) atoms. The van der Waals surface area contributed by atoms with Crippen LogP contribution >= 0.6 is 23.2 Å². The predicted octanol–water partition coefficient (Wildman–Crippen LogP) is 4.04. The maximum Gasteiger partial charge on any atom is 0.141 e. The van der Waals surface area contributed by atoms with Crippen LogP contribution in [0.5, 0.6) is 0 Å². The molecule has 1 fully saturated rings. The predicted molar refractivity (Wildman–Crippen MR) is 57.5 cm³/mol. The van der Waals surface area contributed by atoms with Gasteiger partial charge in [0.25, 0.3) is 0 Å². The second kappa shape index (κ2) is 3.71. The molecule has 0 unspecified atom stereocenters. The lowest BCUT2D eigenvalue weighted by Gasteiger charge is -2.11. The highest BCUT2D eigenvalue weighted by atomic mass is 35.5. The van der Waals surface area contributed by atoms with Crippen molar-refractivity contribution in [2.45, 2.75) is 19.3 Å². The van der Waals surface area contributed by atoms with Crippen molar-refractivity contribution in [2.24, 2.45) is 5.41 Å². The number of benzene rings is 1. The summed E-state index contributed by atoms with van der Waals surface area (Å²) in [6.07, 6.45) is 3.26. The first-order valence-corrected chi connectivity index (χ1v) is 5.56. The molecule has 0 atom stereocenters. The average molecular weight is 233 g/mol. The lowest BCUT2D eigenvalue weighted by molar-refractivity contribution is 0.575. The van der Waals surface area contributed by atoms with E-state index < -0.39 is 0 Å². The zero-order chi connectivity index (χ0) is 10.2. The zero-order valence-corrected chi connectivity index (χ0v) is 9.21. The summed E-state index contributed by atoms with van der Waals surface area (Å²) in [6, 6.07) is 4.90. The molecular formula is C11H11Cl2F. The van der Waals surface area contributed by atoms with Crippen LogP contribution in [0.4, 0.5) is 4.39 Å². The fourth-order valence-electron chi connectivity index (χ4n) is 1.62. The van der Waals surface area contributed by atoms with E-state index >= 15 is 0 Å². The van der Waals surface area contributed by atoms with Gasteiger partial charge in [-0.2, -0.15) is 0 Å². The Kier molecular flexibility index (Phi) is 2.72. The SMILES string of the molecule is Fc1ccc(CC2(CCl)CC2)cc1Cl. The van der Waals surface area contributed by atoms with Crippen LogP contribution in [0.2, 0.25) is 5.02 Å². The molecule has 0 spiro atoms. The smallest absolute Gasteiger partial charge is 0.141 e. The zero-order valence-electron chi connectivity index (χ0n) is 7.69. The van der Waals surface area contributed by atoms with E-state index in [1.165, 1.54) is 18.9 Å². The summed E-state index contributed by atoms with van der Waals surface area (Å²) in [5.74, 6) is 0.327. The molecule has 3 heteroatoms. The fourth-order valence-corrected chi connectivity index (χ4v) is 2.18. The van der Waals surface area contributed by atoms with Crippen molar-refractivity contribution in [3.8, 4) is 0 Å². The van der Waals surface area contributed by atoms with E-state index in [1.54, 1.807) is 12.1 Å². The van der Waals surface area contributed by atoms with Crippen molar-refractivity contribution in [1.82, 2.24) is 0 Å². The van der Waals surface area contributed by atoms with E-state index in [4.69, 9.17) is 23.2 Å². The number of alkyl halides is 1. The van der Waals surface area contributed by atoms with Crippen LogP contribution in [0.25, 0.3) is 0 Å². The van der Waals surface area contributed by atoms with Gasteiger partial charge in [0.2, 0.25) is 0 Å². The third-order valence-corrected chi connectivity index (χ3v) is 3.66. The van der Waals surface area contributed by atoms with Gasteiger partial charge in [-0.25, -0.2) is 4.39 Å². The molecule has 0 N–H and O–H groups in total. The minimum atomic E-state index is -0.355. The van der Waals surface area contributed by atoms with Crippen LogP contribution in [-0.4, -0.2) is 5.88 Å². The number of halogens is 3. The summed E-state index contributed by atoms with van der Waals surface area (Å²) in [5.41, 5.74) is 1.34. The molecule has 0 radical (unpaired) electrons. The van der Waals surface area contributed by atoms with Crippen LogP contribution in [0.1, 0.15) is 18.4 Å².